The first-order valence-corrected chi connectivity index (χ1v) is 5.64. The van der Waals surface area contributed by atoms with Crippen LogP contribution in [0.1, 0.15) is 48.0 Å². The lowest BCUT2D eigenvalue weighted by atomic mass is 9.52. The Bertz CT molecular complexity index is 306. The Morgan fingerprint density at radius 1 is 0.889 bits per heavy atom. The molecule has 2 N–H and O–H groups in total. The van der Waals surface area contributed by atoms with Crippen LogP contribution in [-0.4, -0.2) is 22.5 Å². The molecule has 0 fully saturated rings. The summed E-state index contributed by atoms with van der Waals surface area (Å²) in [5.74, 6) is -1.88. The third kappa shape index (κ3) is 2.81. The number of carbonyl (C=O) groups is 2. The van der Waals surface area contributed by atoms with Crippen molar-refractivity contribution in [3.05, 3.63) is 0 Å². The maximum absolute atomic E-state index is 12.0. The van der Waals surface area contributed by atoms with Gasteiger partial charge in [-0.15, -0.1) is 0 Å². The maximum Gasteiger partial charge on any atom is 0.349 e. The topological polar surface area (TPSA) is 93.1 Å². The van der Waals surface area contributed by atoms with E-state index in [-0.39, 0.29) is 0 Å². The summed E-state index contributed by atoms with van der Waals surface area (Å²) in [6.07, 6.45) is -0.393. The summed E-state index contributed by atoms with van der Waals surface area (Å²) >= 11 is 0. The predicted molar refractivity (Wildman–Crippen MR) is 63.4 cm³/mol. The molecule has 0 aliphatic heterocycles. The molecule has 0 aliphatic rings. The van der Waals surface area contributed by atoms with E-state index in [0.29, 0.717) is 0 Å². The first kappa shape index (κ1) is 16.9. The molecule has 0 rings (SSSR count). The first-order chi connectivity index (χ1) is 7.94. The van der Waals surface area contributed by atoms with Crippen LogP contribution in [0.2, 0.25) is 0 Å². The highest BCUT2D eigenvalue weighted by molar-refractivity contribution is 5.84. The van der Waals surface area contributed by atoms with Gasteiger partial charge in [-0.25, -0.2) is 9.59 Å². The van der Waals surface area contributed by atoms with Gasteiger partial charge in [-0.05, 0) is 10.8 Å². The monoisotopic (exact) mass is 262 g/mol. The van der Waals surface area contributed by atoms with Gasteiger partial charge in [0.05, 0.1) is 11.8 Å². The average molecular weight is 262 g/mol. The third-order valence-corrected chi connectivity index (χ3v) is 3.50. The van der Waals surface area contributed by atoms with E-state index >= 15 is 0 Å². The van der Waals surface area contributed by atoms with Crippen LogP contribution >= 0.6 is 0 Å². The van der Waals surface area contributed by atoms with Gasteiger partial charge in [-0.3, -0.25) is 0 Å². The Kier molecular flexibility index (Phi) is 4.91. The molecule has 6 heteroatoms. The highest BCUT2D eigenvalue weighted by atomic mass is 17.1. The van der Waals surface area contributed by atoms with Crippen molar-refractivity contribution in [2.75, 3.05) is 0 Å². The minimum absolute atomic E-state index is 0.393. The Hall–Kier alpha value is -1.14. The molecule has 0 atom stereocenters. The molecule has 0 heterocycles. The summed E-state index contributed by atoms with van der Waals surface area (Å²) < 4.78 is 0. The van der Waals surface area contributed by atoms with Gasteiger partial charge in [0.1, 0.15) is 0 Å². The molecule has 6 nitrogen and oxygen atoms in total. The molecule has 0 bridgehead atoms. The summed E-state index contributed by atoms with van der Waals surface area (Å²) in [6, 6.07) is 0. The van der Waals surface area contributed by atoms with Gasteiger partial charge in [0.2, 0.25) is 0 Å². The van der Waals surface area contributed by atoms with Crippen LogP contribution in [0.4, 0.5) is 0 Å². The molecule has 18 heavy (non-hydrogen) atoms. The van der Waals surface area contributed by atoms with E-state index in [4.69, 9.17) is 10.5 Å². The number of carbonyl (C=O) groups excluding carboxylic acids is 2. The van der Waals surface area contributed by atoms with Gasteiger partial charge < -0.3 is 9.78 Å². The van der Waals surface area contributed by atoms with E-state index in [0.717, 1.165) is 0 Å². The zero-order valence-electron chi connectivity index (χ0n) is 11.7. The van der Waals surface area contributed by atoms with Crippen LogP contribution in [0.25, 0.3) is 0 Å². The number of hydrogen-bond donors (Lipinski definition) is 2. The van der Waals surface area contributed by atoms with Gasteiger partial charge in [-0.2, -0.15) is 10.5 Å². The highest BCUT2D eigenvalue weighted by Crippen LogP contribution is 2.54. The van der Waals surface area contributed by atoms with Gasteiger partial charge in [0.15, 0.2) is 0 Å². The molecule has 0 saturated carbocycles. The van der Waals surface area contributed by atoms with E-state index in [2.05, 4.69) is 9.78 Å². The minimum Gasteiger partial charge on any atom is -0.301 e. The fourth-order valence-corrected chi connectivity index (χ4v) is 2.67. The van der Waals surface area contributed by atoms with Gasteiger partial charge in [0.25, 0.3) is 0 Å². The number of hydrogen-bond acceptors (Lipinski definition) is 6. The molecular formula is C12H22O6. The van der Waals surface area contributed by atoms with E-state index in [9.17, 15) is 9.59 Å². The fraction of sp³-hybridized carbons (Fsp3) is 0.833. The van der Waals surface area contributed by atoms with Crippen LogP contribution in [0.15, 0.2) is 0 Å². The molecule has 106 valence electrons. The van der Waals surface area contributed by atoms with Crippen molar-refractivity contribution in [1.29, 1.82) is 0 Å². The van der Waals surface area contributed by atoms with Crippen molar-refractivity contribution in [2.24, 2.45) is 16.2 Å². The molecular weight excluding hydrogens is 240 g/mol. The summed E-state index contributed by atoms with van der Waals surface area (Å²) in [5.41, 5.74) is -2.73. The highest BCUT2D eigenvalue weighted by Gasteiger charge is 2.59. The van der Waals surface area contributed by atoms with Crippen molar-refractivity contribution in [1.82, 2.24) is 0 Å². The zero-order chi connectivity index (χ0) is 14.8. The summed E-state index contributed by atoms with van der Waals surface area (Å²) in [4.78, 5) is 30.9. The molecule has 0 aliphatic carbocycles. The Balaban J connectivity index is 5.89. The van der Waals surface area contributed by atoms with Crippen LogP contribution in [0.5, 0.6) is 0 Å². The second kappa shape index (κ2) is 5.24. The summed E-state index contributed by atoms with van der Waals surface area (Å²) in [6.45, 7) is 10.5. The van der Waals surface area contributed by atoms with Gasteiger partial charge in [0, 0.05) is 0 Å². The molecule has 0 aromatic carbocycles. The summed E-state index contributed by atoms with van der Waals surface area (Å²) in [5, 5.41) is 17.1. The lowest BCUT2D eigenvalue weighted by molar-refractivity contribution is -0.266. The zero-order valence-corrected chi connectivity index (χ0v) is 11.7. The van der Waals surface area contributed by atoms with Crippen molar-refractivity contribution in [3.63, 3.8) is 0 Å². The van der Waals surface area contributed by atoms with Gasteiger partial charge >= 0.3 is 11.9 Å². The molecule has 0 unspecified atom stereocenters. The van der Waals surface area contributed by atoms with Crippen molar-refractivity contribution in [3.8, 4) is 0 Å². The molecule has 0 spiro atoms. The quantitative estimate of drug-likeness (QED) is 0.599. The standard InChI is InChI=1S/C12H22O6/c1-10(2,3)12(9(14)18-16,11(4,5)6)7-8(13)17-15/h15-16H,7H2,1-6H3. The normalized spacial score (nSPS) is 13.1. The van der Waals surface area contributed by atoms with Crippen molar-refractivity contribution < 1.29 is 29.9 Å². The lowest BCUT2D eigenvalue weighted by Gasteiger charge is -2.49. The van der Waals surface area contributed by atoms with Crippen LogP contribution in [-0.2, 0) is 19.4 Å². The Morgan fingerprint density at radius 2 is 1.28 bits per heavy atom. The van der Waals surface area contributed by atoms with E-state index in [1.54, 1.807) is 41.5 Å². The fourth-order valence-electron chi connectivity index (χ4n) is 2.67. The largest absolute Gasteiger partial charge is 0.349 e. The van der Waals surface area contributed by atoms with E-state index in [1.165, 1.54) is 0 Å². The second-order valence-electron chi connectivity index (χ2n) is 6.42. The smallest absolute Gasteiger partial charge is 0.301 e. The Labute approximate surface area is 107 Å². The van der Waals surface area contributed by atoms with Crippen LogP contribution in [0, 0.1) is 16.2 Å². The first-order valence-electron chi connectivity index (χ1n) is 5.64. The molecule has 0 aromatic heterocycles. The minimum atomic E-state index is -1.34. The lowest BCUT2D eigenvalue weighted by Crippen LogP contribution is -2.54. The molecule has 0 aromatic rings. The second-order valence-corrected chi connectivity index (χ2v) is 6.42. The summed E-state index contributed by atoms with van der Waals surface area (Å²) in [7, 11) is 0. The molecule has 0 saturated heterocycles. The van der Waals surface area contributed by atoms with E-state index < -0.39 is 34.6 Å². The maximum atomic E-state index is 12.0. The van der Waals surface area contributed by atoms with Crippen molar-refractivity contribution >= 4 is 11.9 Å². The molecule has 0 radical (unpaired) electrons. The number of rotatable bonds is 3. The van der Waals surface area contributed by atoms with Crippen LogP contribution in [0.3, 0.4) is 0 Å². The third-order valence-electron chi connectivity index (χ3n) is 3.50. The van der Waals surface area contributed by atoms with Crippen LogP contribution < -0.4 is 0 Å². The van der Waals surface area contributed by atoms with E-state index in [1.807, 2.05) is 0 Å². The molecule has 0 amide bonds. The van der Waals surface area contributed by atoms with Crippen molar-refractivity contribution in [2.45, 2.75) is 48.0 Å². The average Bonchev–Trinajstić information content (AvgIpc) is 2.20. The van der Waals surface area contributed by atoms with Gasteiger partial charge in [-0.1, -0.05) is 41.5 Å². The predicted octanol–water partition coefficient (Wildman–Crippen LogP) is 2.49. The SMILES string of the molecule is CC(C)(C)C(CC(=O)OO)(C(=O)OO)C(C)(C)C. The Morgan fingerprint density at radius 3 is 1.50 bits per heavy atom.